The first-order valence-corrected chi connectivity index (χ1v) is 9.61. The van der Waals surface area contributed by atoms with Gasteiger partial charge in [-0.25, -0.2) is 9.97 Å². The smallest absolute Gasteiger partial charge is 0.267 e. The summed E-state index contributed by atoms with van der Waals surface area (Å²) in [5, 5.41) is 7.34. The van der Waals surface area contributed by atoms with Gasteiger partial charge in [-0.1, -0.05) is 0 Å². The molecule has 24 heavy (non-hydrogen) atoms. The van der Waals surface area contributed by atoms with Crippen LogP contribution in [0.3, 0.4) is 0 Å². The quantitative estimate of drug-likeness (QED) is 0.496. The van der Waals surface area contributed by atoms with Gasteiger partial charge in [0.2, 0.25) is 0 Å². The summed E-state index contributed by atoms with van der Waals surface area (Å²) in [4.78, 5) is 27.0. The molecule has 0 aliphatic rings. The minimum atomic E-state index is -0.158. The third-order valence-electron chi connectivity index (χ3n) is 3.56. The molecule has 6 nitrogen and oxygen atoms in total. The molecule has 5 rings (SSSR count). The number of amides is 1. The van der Waals surface area contributed by atoms with Gasteiger partial charge in [0.1, 0.15) is 4.83 Å². The Balaban J connectivity index is 1.42. The van der Waals surface area contributed by atoms with E-state index in [-0.39, 0.29) is 5.91 Å². The van der Waals surface area contributed by atoms with Crippen molar-refractivity contribution in [3.8, 4) is 11.4 Å². The summed E-state index contributed by atoms with van der Waals surface area (Å²) in [7, 11) is 0. The van der Waals surface area contributed by atoms with E-state index in [4.69, 9.17) is 0 Å². The summed E-state index contributed by atoms with van der Waals surface area (Å²) < 4.78 is 2.00. The Morgan fingerprint density at radius 3 is 3.12 bits per heavy atom. The highest BCUT2D eigenvalue weighted by Crippen LogP contribution is 2.29. The van der Waals surface area contributed by atoms with Gasteiger partial charge in [0.15, 0.2) is 10.1 Å². The minimum Gasteiger partial charge on any atom is -0.360 e. The summed E-state index contributed by atoms with van der Waals surface area (Å²) in [5.41, 5.74) is 2.72. The van der Waals surface area contributed by atoms with E-state index < -0.39 is 0 Å². The van der Waals surface area contributed by atoms with Crippen LogP contribution in [-0.4, -0.2) is 25.3 Å². The van der Waals surface area contributed by atoms with Gasteiger partial charge in [-0.05, 0) is 18.2 Å². The molecular formula is C15H9N5OS3. The summed E-state index contributed by atoms with van der Waals surface area (Å²) in [6.07, 6.45) is 3.81. The zero-order chi connectivity index (χ0) is 16.1. The zero-order valence-corrected chi connectivity index (χ0v) is 14.5. The molecule has 0 atom stereocenters. The molecule has 0 aromatic carbocycles. The molecule has 9 heteroatoms. The predicted molar refractivity (Wildman–Crippen MR) is 98.3 cm³/mol. The number of rotatable bonds is 3. The highest BCUT2D eigenvalue weighted by atomic mass is 32.1. The van der Waals surface area contributed by atoms with E-state index in [2.05, 4.69) is 20.3 Å². The predicted octanol–water partition coefficient (Wildman–Crippen LogP) is 4.31. The molecule has 0 radical (unpaired) electrons. The SMILES string of the molecule is O=C(Nc1nc(-c2ccc[nH]2)cs1)c1cc2c(nc3sccn32)s1. The van der Waals surface area contributed by atoms with Crippen LogP contribution in [0.25, 0.3) is 26.7 Å². The maximum atomic E-state index is 12.5. The largest absolute Gasteiger partial charge is 0.360 e. The summed E-state index contributed by atoms with van der Waals surface area (Å²) >= 11 is 4.38. The molecule has 1 amide bonds. The van der Waals surface area contributed by atoms with Crippen molar-refractivity contribution in [2.24, 2.45) is 0 Å². The van der Waals surface area contributed by atoms with Crippen LogP contribution in [-0.2, 0) is 0 Å². The van der Waals surface area contributed by atoms with Gasteiger partial charge < -0.3 is 4.98 Å². The third-order valence-corrected chi connectivity index (χ3v) is 6.09. The van der Waals surface area contributed by atoms with Crippen molar-refractivity contribution in [1.29, 1.82) is 0 Å². The second-order valence-corrected chi connectivity index (χ2v) is 7.81. The van der Waals surface area contributed by atoms with E-state index in [1.54, 1.807) is 11.3 Å². The number of anilines is 1. The van der Waals surface area contributed by atoms with Crippen LogP contribution >= 0.6 is 34.0 Å². The Bertz CT molecular complexity index is 1160. The van der Waals surface area contributed by atoms with Crippen molar-refractivity contribution in [2.75, 3.05) is 5.32 Å². The van der Waals surface area contributed by atoms with Crippen LogP contribution in [0, 0.1) is 0 Å². The van der Waals surface area contributed by atoms with Gasteiger partial charge in [0, 0.05) is 23.2 Å². The van der Waals surface area contributed by atoms with Crippen molar-refractivity contribution in [1.82, 2.24) is 19.4 Å². The number of hydrogen-bond donors (Lipinski definition) is 2. The summed E-state index contributed by atoms with van der Waals surface area (Å²) in [6, 6.07) is 5.74. The van der Waals surface area contributed by atoms with Gasteiger partial charge in [0.25, 0.3) is 5.91 Å². The molecule has 118 valence electrons. The first kappa shape index (κ1) is 13.9. The zero-order valence-electron chi connectivity index (χ0n) is 12.0. The van der Waals surface area contributed by atoms with Crippen LogP contribution in [0.1, 0.15) is 9.67 Å². The average Bonchev–Trinajstić information content (AvgIpc) is 3.34. The molecule has 5 heterocycles. The van der Waals surface area contributed by atoms with E-state index in [0.29, 0.717) is 10.0 Å². The van der Waals surface area contributed by atoms with Crippen LogP contribution in [0.2, 0.25) is 0 Å². The van der Waals surface area contributed by atoms with E-state index in [1.807, 2.05) is 45.8 Å². The fraction of sp³-hybridized carbons (Fsp3) is 0. The first-order valence-electron chi connectivity index (χ1n) is 7.04. The maximum absolute atomic E-state index is 12.5. The number of nitrogens with one attached hydrogen (secondary N) is 2. The van der Waals surface area contributed by atoms with Crippen LogP contribution in [0.15, 0.2) is 41.4 Å². The highest BCUT2D eigenvalue weighted by Gasteiger charge is 2.16. The number of nitrogens with zero attached hydrogens (tertiary/aromatic N) is 3. The lowest BCUT2D eigenvalue weighted by Gasteiger charge is -1.97. The van der Waals surface area contributed by atoms with E-state index in [0.717, 1.165) is 26.7 Å². The highest BCUT2D eigenvalue weighted by molar-refractivity contribution is 7.21. The number of carbonyl (C=O) groups excluding carboxylic acids is 1. The molecule has 5 aromatic rings. The van der Waals surface area contributed by atoms with Gasteiger partial charge >= 0.3 is 0 Å². The fourth-order valence-corrected chi connectivity index (χ4v) is 4.86. The summed E-state index contributed by atoms with van der Waals surface area (Å²) in [5.74, 6) is -0.158. The van der Waals surface area contributed by atoms with Crippen molar-refractivity contribution in [3.05, 3.63) is 46.2 Å². The van der Waals surface area contributed by atoms with E-state index >= 15 is 0 Å². The van der Waals surface area contributed by atoms with Crippen LogP contribution < -0.4 is 5.32 Å². The molecule has 0 bridgehead atoms. The molecule has 0 aliphatic heterocycles. The number of aromatic nitrogens is 4. The molecule has 0 saturated heterocycles. The number of thiazole rings is 2. The lowest BCUT2D eigenvalue weighted by Crippen LogP contribution is -2.09. The third kappa shape index (κ3) is 2.17. The van der Waals surface area contributed by atoms with Gasteiger partial charge in [0.05, 0.1) is 21.8 Å². The van der Waals surface area contributed by atoms with Crippen molar-refractivity contribution in [2.45, 2.75) is 0 Å². The van der Waals surface area contributed by atoms with Crippen molar-refractivity contribution in [3.63, 3.8) is 0 Å². The first-order chi connectivity index (χ1) is 11.8. The Morgan fingerprint density at radius 1 is 1.29 bits per heavy atom. The molecule has 0 unspecified atom stereocenters. The number of H-pyrrole nitrogens is 1. The standard InChI is InChI=1S/C15H9N5OS3/c21-12(18-14-17-9(7-23-14)8-2-1-3-16-8)11-6-10-13(24-11)19-15-20(10)4-5-22-15/h1-7,16H,(H,17,18,21). The Kier molecular flexibility index (Phi) is 3.05. The second-order valence-electron chi connectivity index (χ2n) is 5.04. The topological polar surface area (TPSA) is 75.1 Å². The molecule has 0 saturated carbocycles. The molecule has 5 aromatic heterocycles. The van der Waals surface area contributed by atoms with Crippen LogP contribution in [0.4, 0.5) is 5.13 Å². The molecule has 0 aliphatic carbocycles. The number of aromatic amines is 1. The summed E-state index contributed by atoms with van der Waals surface area (Å²) in [6.45, 7) is 0. The number of thiophene rings is 1. The Labute approximate surface area is 147 Å². The Hall–Kier alpha value is -2.49. The fourth-order valence-electron chi connectivity index (χ4n) is 2.46. The number of fused-ring (bicyclic) bond motifs is 3. The van der Waals surface area contributed by atoms with Gasteiger partial charge in [-0.15, -0.1) is 34.0 Å². The molecule has 0 fully saturated rings. The Morgan fingerprint density at radius 2 is 2.25 bits per heavy atom. The average molecular weight is 371 g/mol. The molecular weight excluding hydrogens is 362 g/mol. The lowest BCUT2D eigenvalue weighted by atomic mass is 10.3. The minimum absolute atomic E-state index is 0.158. The monoisotopic (exact) mass is 371 g/mol. The second kappa shape index (κ2) is 5.26. The van der Waals surface area contributed by atoms with Crippen molar-refractivity contribution >= 4 is 60.4 Å². The number of carbonyl (C=O) groups is 1. The van der Waals surface area contributed by atoms with E-state index in [9.17, 15) is 4.79 Å². The lowest BCUT2D eigenvalue weighted by molar-refractivity contribution is 0.103. The number of imidazole rings is 1. The maximum Gasteiger partial charge on any atom is 0.267 e. The van der Waals surface area contributed by atoms with E-state index in [1.165, 1.54) is 22.7 Å². The van der Waals surface area contributed by atoms with Gasteiger partial charge in [-0.2, -0.15) is 0 Å². The van der Waals surface area contributed by atoms with Crippen molar-refractivity contribution < 1.29 is 4.79 Å². The van der Waals surface area contributed by atoms with Gasteiger partial charge in [-0.3, -0.25) is 14.5 Å². The normalized spacial score (nSPS) is 11.5. The number of hydrogen-bond acceptors (Lipinski definition) is 6. The molecule has 2 N–H and O–H groups in total. The molecule has 0 spiro atoms. The van der Waals surface area contributed by atoms with Crippen LogP contribution in [0.5, 0.6) is 0 Å².